The van der Waals surface area contributed by atoms with Crippen LogP contribution in [0.4, 0.5) is 0 Å². The molecule has 82 valence electrons. The van der Waals surface area contributed by atoms with E-state index in [0.29, 0.717) is 11.3 Å². The molecule has 0 saturated carbocycles. The third kappa shape index (κ3) is 1.99. The van der Waals surface area contributed by atoms with E-state index in [1.807, 2.05) is 12.1 Å². The molecule has 5 nitrogen and oxygen atoms in total. The van der Waals surface area contributed by atoms with Gasteiger partial charge in [-0.05, 0) is 12.1 Å². The van der Waals surface area contributed by atoms with Crippen LogP contribution < -0.4 is 5.56 Å². The molecule has 0 saturated heterocycles. The molecule has 2 heterocycles. The maximum Gasteiger partial charge on any atom is 0.256 e. The minimum absolute atomic E-state index is 0.215. The minimum atomic E-state index is -0.487. The van der Waals surface area contributed by atoms with Gasteiger partial charge in [0.05, 0.1) is 17.6 Å². The summed E-state index contributed by atoms with van der Waals surface area (Å²) in [7, 11) is 1.53. The quantitative estimate of drug-likeness (QED) is 0.829. The molecule has 0 amide bonds. The van der Waals surface area contributed by atoms with E-state index in [-0.39, 0.29) is 5.56 Å². The molecule has 2 aromatic rings. The second-order valence-corrected chi connectivity index (χ2v) is 3.21. The average molecular weight is 217 g/mol. The third-order valence-corrected chi connectivity index (χ3v) is 2.22. The summed E-state index contributed by atoms with van der Waals surface area (Å²) in [6.07, 6.45) is 4.00. The van der Waals surface area contributed by atoms with Crippen molar-refractivity contribution in [2.75, 3.05) is 7.11 Å². The summed E-state index contributed by atoms with van der Waals surface area (Å²) in [6.45, 7) is 0. The smallest absolute Gasteiger partial charge is 0.256 e. The van der Waals surface area contributed by atoms with Gasteiger partial charge in [-0.15, -0.1) is 0 Å². The summed E-state index contributed by atoms with van der Waals surface area (Å²) in [6, 6.07) is 5.46. The monoisotopic (exact) mass is 217 g/mol. The number of nitrogens with one attached hydrogen (secondary N) is 1. The van der Waals surface area contributed by atoms with E-state index < -0.39 is 6.10 Å². The van der Waals surface area contributed by atoms with Gasteiger partial charge in [0.2, 0.25) is 0 Å². The minimum Gasteiger partial charge on any atom is -0.370 e. The number of hydrogen-bond donors (Lipinski definition) is 1. The second kappa shape index (κ2) is 4.67. The van der Waals surface area contributed by atoms with E-state index in [0.717, 1.165) is 0 Å². The third-order valence-electron chi connectivity index (χ3n) is 2.22. The molecule has 0 aliphatic rings. The molecule has 1 unspecified atom stereocenters. The first-order valence-corrected chi connectivity index (χ1v) is 4.79. The van der Waals surface area contributed by atoms with Crippen molar-refractivity contribution >= 4 is 0 Å². The molecule has 0 bridgehead atoms. The second-order valence-electron chi connectivity index (χ2n) is 3.21. The maximum atomic E-state index is 11.6. The number of nitrogens with zero attached hydrogens (tertiary/aromatic N) is 2. The van der Waals surface area contributed by atoms with Crippen LogP contribution in [0.15, 0.2) is 41.7 Å². The lowest BCUT2D eigenvalue weighted by molar-refractivity contribution is 0.131. The Morgan fingerprint density at radius 3 is 2.94 bits per heavy atom. The van der Waals surface area contributed by atoms with Crippen LogP contribution in [0.25, 0.3) is 0 Å². The Balaban J connectivity index is 2.45. The van der Waals surface area contributed by atoms with E-state index in [4.69, 9.17) is 4.74 Å². The summed E-state index contributed by atoms with van der Waals surface area (Å²) in [5.41, 5.74) is 0.916. The number of pyridine rings is 1. The lowest BCUT2D eigenvalue weighted by Gasteiger charge is -2.13. The van der Waals surface area contributed by atoms with Crippen molar-refractivity contribution in [2.45, 2.75) is 6.10 Å². The lowest BCUT2D eigenvalue weighted by Crippen LogP contribution is -2.19. The molecule has 0 spiro atoms. The molecule has 2 rings (SSSR count). The Bertz CT molecular complexity index is 510. The molecule has 0 aromatic carbocycles. The van der Waals surface area contributed by atoms with Gasteiger partial charge in [-0.25, -0.2) is 4.98 Å². The van der Waals surface area contributed by atoms with Crippen LogP contribution in [0.1, 0.15) is 17.4 Å². The normalized spacial score (nSPS) is 12.3. The topological polar surface area (TPSA) is 67.9 Å². The zero-order valence-electron chi connectivity index (χ0n) is 8.75. The largest absolute Gasteiger partial charge is 0.370 e. The molecule has 0 radical (unpaired) electrons. The van der Waals surface area contributed by atoms with Gasteiger partial charge in [0.1, 0.15) is 6.10 Å². The van der Waals surface area contributed by atoms with Crippen LogP contribution in [0.2, 0.25) is 0 Å². The van der Waals surface area contributed by atoms with Crippen molar-refractivity contribution in [3.05, 3.63) is 58.5 Å². The molecule has 0 aliphatic carbocycles. The number of ether oxygens (including phenoxy) is 1. The van der Waals surface area contributed by atoms with Gasteiger partial charge in [-0.1, -0.05) is 6.07 Å². The Morgan fingerprint density at radius 2 is 2.31 bits per heavy atom. The van der Waals surface area contributed by atoms with E-state index >= 15 is 0 Å². The lowest BCUT2D eigenvalue weighted by atomic mass is 10.1. The molecule has 0 aliphatic heterocycles. The van der Waals surface area contributed by atoms with E-state index in [2.05, 4.69) is 15.0 Å². The molecule has 5 heteroatoms. The number of aromatic amines is 1. The highest BCUT2D eigenvalue weighted by Gasteiger charge is 2.17. The van der Waals surface area contributed by atoms with Crippen LogP contribution in [0.5, 0.6) is 0 Å². The van der Waals surface area contributed by atoms with Crippen LogP contribution in [0, 0.1) is 0 Å². The van der Waals surface area contributed by atoms with Crippen LogP contribution in [-0.2, 0) is 4.74 Å². The van der Waals surface area contributed by atoms with Gasteiger partial charge in [0, 0.05) is 19.5 Å². The molecular weight excluding hydrogens is 206 g/mol. The van der Waals surface area contributed by atoms with Crippen molar-refractivity contribution in [1.82, 2.24) is 15.0 Å². The highest BCUT2D eigenvalue weighted by atomic mass is 16.5. The maximum absolute atomic E-state index is 11.6. The SMILES string of the molecule is COC(c1ccccn1)c1cnc[nH]c1=O. The number of aromatic nitrogens is 3. The van der Waals surface area contributed by atoms with E-state index in [1.165, 1.54) is 19.6 Å². The summed E-state index contributed by atoms with van der Waals surface area (Å²) in [4.78, 5) is 22.1. The van der Waals surface area contributed by atoms with Gasteiger partial charge in [0.15, 0.2) is 0 Å². The standard InChI is InChI=1S/C11H11N3O2/c1-16-10(9-4-2-3-5-13-9)8-6-12-7-14-11(8)15/h2-7,10H,1H3,(H,12,14,15). The Kier molecular flexibility index (Phi) is 3.07. The van der Waals surface area contributed by atoms with E-state index in [9.17, 15) is 4.79 Å². The van der Waals surface area contributed by atoms with Crippen molar-refractivity contribution in [2.24, 2.45) is 0 Å². The first-order valence-electron chi connectivity index (χ1n) is 4.79. The zero-order chi connectivity index (χ0) is 11.4. The fourth-order valence-electron chi connectivity index (χ4n) is 1.48. The molecular formula is C11H11N3O2. The van der Waals surface area contributed by atoms with Crippen LogP contribution >= 0.6 is 0 Å². The summed E-state index contributed by atoms with van der Waals surface area (Å²) in [5, 5.41) is 0. The summed E-state index contributed by atoms with van der Waals surface area (Å²) in [5.74, 6) is 0. The first kappa shape index (κ1) is 10.5. The van der Waals surface area contributed by atoms with Gasteiger partial charge < -0.3 is 9.72 Å². The molecule has 2 aromatic heterocycles. The number of H-pyrrole nitrogens is 1. The fourth-order valence-corrected chi connectivity index (χ4v) is 1.48. The number of methoxy groups -OCH3 is 1. The predicted molar refractivity (Wildman–Crippen MR) is 57.9 cm³/mol. The number of hydrogen-bond acceptors (Lipinski definition) is 4. The number of rotatable bonds is 3. The summed E-state index contributed by atoms with van der Waals surface area (Å²) < 4.78 is 5.28. The fraction of sp³-hybridized carbons (Fsp3) is 0.182. The first-order chi connectivity index (χ1) is 7.83. The van der Waals surface area contributed by atoms with E-state index in [1.54, 1.807) is 12.3 Å². The van der Waals surface area contributed by atoms with Crippen molar-refractivity contribution in [3.8, 4) is 0 Å². The van der Waals surface area contributed by atoms with Gasteiger partial charge >= 0.3 is 0 Å². The highest BCUT2D eigenvalue weighted by molar-refractivity contribution is 5.20. The molecule has 1 atom stereocenters. The average Bonchev–Trinajstić information content (AvgIpc) is 2.34. The van der Waals surface area contributed by atoms with Gasteiger partial charge in [0.25, 0.3) is 5.56 Å². The Labute approximate surface area is 92.2 Å². The van der Waals surface area contributed by atoms with Gasteiger partial charge in [-0.2, -0.15) is 0 Å². The van der Waals surface area contributed by atoms with Gasteiger partial charge in [-0.3, -0.25) is 9.78 Å². The van der Waals surface area contributed by atoms with Crippen molar-refractivity contribution in [1.29, 1.82) is 0 Å². The zero-order valence-corrected chi connectivity index (χ0v) is 8.75. The highest BCUT2D eigenvalue weighted by Crippen LogP contribution is 2.19. The Morgan fingerprint density at radius 1 is 1.44 bits per heavy atom. The van der Waals surface area contributed by atoms with Crippen LogP contribution in [-0.4, -0.2) is 22.1 Å². The van der Waals surface area contributed by atoms with Crippen molar-refractivity contribution in [3.63, 3.8) is 0 Å². The van der Waals surface area contributed by atoms with Crippen LogP contribution in [0.3, 0.4) is 0 Å². The predicted octanol–water partition coefficient (Wildman–Crippen LogP) is 0.901. The molecule has 1 N–H and O–H groups in total. The summed E-state index contributed by atoms with van der Waals surface area (Å²) >= 11 is 0. The molecule has 16 heavy (non-hydrogen) atoms. The molecule has 0 fully saturated rings. The van der Waals surface area contributed by atoms with Crippen molar-refractivity contribution < 1.29 is 4.74 Å². The Hall–Kier alpha value is -2.01.